The van der Waals surface area contributed by atoms with Crippen LogP contribution in [-0.2, 0) is 32.5 Å². The van der Waals surface area contributed by atoms with E-state index in [2.05, 4.69) is 54.9 Å². The molecule has 8 heteroatoms. The zero-order chi connectivity index (χ0) is 18.6. The van der Waals surface area contributed by atoms with Crippen molar-refractivity contribution in [3.05, 3.63) is 58.4 Å². The van der Waals surface area contributed by atoms with Crippen LogP contribution in [0.1, 0.15) is 28.1 Å². The third kappa shape index (κ3) is 3.96. The van der Waals surface area contributed by atoms with Crippen LogP contribution in [0.2, 0.25) is 0 Å². The highest BCUT2D eigenvalue weighted by molar-refractivity contribution is 5.43. The van der Waals surface area contributed by atoms with Crippen LogP contribution in [0.4, 0.5) is 11.6 Å². The number of nitrogens with one attached hydrogen (secondary N) is 3. The number of fused-ring (bicyclic) bond motifs is 2. The van der Waals surface area contributed by atoms with E-state index in [9.17, 15) is 0 Å². The first-order valence-electron chi connectivity index (χ1n) is 9.31. The topological polar surface area (TPSA) is 125 Å². The summed E-state index contributed by atoms with van der Waals surface area (Å²) < 4.78 is 0. The summed E-state index contributed by atoms with van der Waals surface area (Å²) in [6.07, 6.45) is 1.99. The lowest BCUT2D eigenvalue weighted by molar-refractivity contribution is 0.242. The Morgan fingerprint density at radius 1 is 0.926 bits per heavy atom. The van der Waals surface area contributed by atoms with Crippen LogP contribution in [0.15, 0.2) is 30.3 Å². The number of anilines is 2. The van der Waals surface area contributed by atoms with Gasteiger partial charge in [0, 0.05) is 37.3 Å². The monoisotopic (exact) mass is 366 g/mol. The fourth-order valence-electron chi connectivity index (χ4n) is 3.65. The van der Waals surface area contributed by atoms with Gasteiger partial charge in [0.05, 0.1) is 11.4 Å². The van der Waals surface area contributed by atoms with Crippen LogP contribution in [-0.4, -0.2) is 38.4 Å². The molecule has 2 aromatic heterocycles. The number of H-pyrrole nitrogens is 2. The number of nitrogens with zero attached hydrogens (tertiary/aromatic N) is 3. The lowest BCUT2D eigenvalue weighted by Crippen LogP contribution is -2.30. The predicted octanol–water partition coefficient (Wildman–Crippen LogP) is 1.19. The zero-order valence-corrected chi connectivity index (χ0v) is 15.3. The van der Waals surface area contributed by atoms with Gasteiger partial charge in [-0.05, 0) is 24.9 Å². The van der Waals surface area contributed by atoms with Gasteiger partial charge in [-0.3, -0.25) is 15.1 Å². The van der Waals surface area contributed by atoms with Gasteiger partial charge in [0.1, 0.15) is 11.6 Å². The van der Waals surface area contributed by atoms with Crippen LogP contribution < -0.4 is 16.8 Å². The van der Waals surface area contributed by atoms with Gasteiger partial charge in [-0.2, -0.15) is 10.2 Å². The van der Waals surface area contributed by atoms with Gasteiger partial charge in [-0.25, -0.2) is 0 Å². The molecular weight excluding hydrogens is 340 g/mol. The molecule has 1 aromatic carbocycles. The van der Waals surface area contributed by atoms with Crippen LogP contribution in [0.3, 0.4) is 0 Å². The molecule has 2 aliphatic heterocycles. The molecule has 0 unspecified atom stereocenters. The van der Waals surface area contributed by atoms with E-state index in [4.69, 9.17) is 11.5 Å². The van der Waals surface area contributed by atoms with Crippen LogP contribution in [0.25, 0.3) is 0 Å². The molecule has 4 heterocycles. The van der Waals surface area contributed by atoms with Crippen molar-refractivity contribution in [1.82, 2.24) is 30.6 Å². The van der Waals surface area contributed by atoms with Crippen molar-refractivity contribution in [2.45, 2.75) is 32.5 Å². The molecule has 27 heavy (non-hydrogen) atoms. The number of nitrogen functional groups attached to an aromatic ring is 2. The van der Waals surface area contributed by atoms with E-state index < -0.39 is 0 Å². The second-order valence-corrected chi connectivity index (χ2v) is 7.00. The first-order valence-corrected chi connectivity index (χ1v) is 9.31. The number of benzene rings is 1. The molecule has 3 aromatic rings. The average molecular weight is 366 g/mol. The molecule has 0 fully saturated rings. The Bertz CT molecular complexity index is 883. The number of nitrogens with two attached hydrogens (primary N) is 2. The maximum Gasteiger partial charge on any atom is 0.148 e. The summed E-state index contributed by atoms with van der Waals surface area (Å²) in [4.78, 5) is 2.41. The van der Waals surface area contributed by atoms with Gasteiger partial charge in [-0.1, -0.05) is 30.3 Å². The second-order valence-electron chi connectivity index (χ2n) is 7.00. The Hall–Kier alpha value is -2.84. The van der Waals surface area contributed by atoms with Crippen molar-refractivity contribution < 1.29 is 0 Å². The third-order valence-electron chi connectivity index (χ3n) is 5.13. The molecule has 2 aliphatic rings. The highest BCUT2D eigenvalue weighted by atomic mass is 15.2. The summed E-state index contributed by atoms with van der Waals surface area (Å²) in [6, 6.07) is 10.5. The predicted molar refractivity (Wildman–Crippen MR) is 106 cm³/mol. The van der Waals surface area contributed by atoms with E-state index >= 15 is 0 Å². The molecule has 7 N–H and O–H groups in total. The van der Waals surface area contributed by atoms with Gasteiger partial charge in [-0.15, -0.1) is 0 Å². The molecule has 0 amide bonds. The fraction of sp³-hybridized carbons (Fsp3) is 0.368. The molecule has 0 spiro atoms. The molecule has 0 atom stereocenters. The summed E-state index contributed by atoms with van der Waals surface area (Å²) in [7, 11) is 0. The number of aromatic amines is 2. The molecule has 5 rings (SSSR count). The standard InChI is InChI=1S/C13H16N4.C6H10N4/c14-13-11-6-7-17(9-12(11)15-16-13)8-10-4-2-1-3-5-10;7-6-4-1-2-8-3-5(4)9-10-6/h1-5H,6-9H2,(H3,14,15,16);8H,1-3H2,(H3,7,9,10). The van der Waals surface area contributed by atoms with E-state index in [1.54, 1.807) is 0 Å². The Labute approximate surface area is 158 Å². The lowest BCUT2D eigenvalue weighted by Gasteiger charge is -2.26. The Balaban J connectivity index is 0.000000153. The highest BCUT2D eigenvalue weighted by Crippen LogP contribution is 2.22. The minimum Gasteiger partial charge on any atom is -0.382 e. The molecule has 0 bridgehead atoms. The van der Waals surface area contributed by atoms with E-state index in [-0.39, 0.29) is 0 Å². The van der Waals surface area contributed by atoms with Crippen molar-refractivity contribution in [2.75, 3.05) is 24.6 Å². The minimum absolute atomic E-state index is 0.663. The molecule has 8 nitrogen and oxygen atoms in total. The summed E-state index contributed by atoms with van der Waals surface area (Å²) in [5.74, 6) is 1.33. The zero-order valence-electron chi connectivity index (χ0n) is 15.3. The summed E-state index contributed by atoms with van der Waals surface area (Å²) >= 11 is 0. The van der Waals surface area contributed by atoms with Crippen molar-refractivity contribution in [1.29, 1.82) is 0 Å². The summed E-state index contributed by atoms with van der Waals surface area (Å²) in [5.41, 5.74) is 17.4. The van der Waals surface area contributed by atoms with Gasteiger partial charge in [0.25, 0.3) is 0 Å². The van der Waals surface area contributed by atoms with Gasteiger partial charge < -0.3 is 16.8 Å². The summed E-state index contributed by atoms with van der Waals surface area (Å²) in [5, 5.41) is 17.1. The van der Waals surface area contributed by atoms with E-state index in [1.807, 2.05) is 6.07 Å². The molecule has 142 valence electrons. The first kappa shape index (κ1) is 17.6. The Morgan fingerprint density at radius 2 is 1.63 bits per heavy atom. The van der Waals surface area contributed by atoms with E-state index in [0.717, 1.165) is 51.3 Å². The normalized spacial score (nSPS) is 16.1. The average Bonchev–Trinajstić information content (AvgIpc) is 3.26. The number of hydrogen-bond acceptors (Lipinski definition) is 6. The Kier molecular flexibility index (Phi) is 5.08. The largest absolute Gasteiger partial charge is 0.382 e. The Morgan fingerprint density at radius 3 is 2.37 bits per heavy atom. The van der Waals surface area contributed by atoms with Gasteiger partial charge in [0.15, 0.2) is 0 Å². The SMILES string of the molecule is Nc1n[nH]c2c1CCN(Cc1ccccc1)C2.Nc1n[nH]c2c1CCNC2. The van der Waals surface area contributed by atoms with Crippen molar-refractivity contribution in [3.63, 3.8) is 0 Å². The molecular formula is C19H26N8. The number of hydrogen-bond donors (Lipinski definition) is 5. The molecule has 0 aliphatic carbocycles. The molecule has 0 radical (unpaired) electrons. The third-order valence-corrected chi connectivity index (χ3v) is 5.13. The van der Waals surface area contributed by atoms with E-state index in [1.165, 1.54) is 22.4 Å². The quantitative estimate of drug-likeness (QED) is 0.464. The maximum atomic E-state index is 5.80. The highest BCUT2D eigenvalue weighted by Gasteiger charge is 2.20. The van der Waals surface area contributed by atoms with Crippen LogP contribution in [0, 0.1) is 0 Å². The van der Waals surface area contributed by atoms with Crippen LogP contribution >= 0.6 is 0 Å². The van der Waals surface area contributed by atoms with E-state index in [0.29, 0.717) is 11.6 Å². The van der Waals surface area contributed by atoms with Gasteiger partial charge >= 0.3 is 0 Å². The van der Waals surface area contributed by atoms with Crippen molar-refractivity contribution in [2.24, 2.45) is 0 Å². The second kappa shape index (κ2) is 7.81. The maximum absolute atomic E-state index is 5.80. The lowest BCUT2D eigenvalue weighted by atomic mass is 10.1. The van der Waals surface area contributed by atoms with Crippen molar-refractivity contribution in [3.8, 4) is 0 Å². The smallest absolute Gasteiger partial charge is 0.148 e. The summed E-state index contributed by atoms with van der Waals surface area (Å²) in [6.45, 7) is 4.83. The molecule has 0 saturated carbocycles. The number of rotatable bonds is 2. The minimum atomic E-state index is 0.663. The first-order chi connectivity index (χ1) is 13.2. The van der Waals surface area contributed by atoms with Crippen molar-refractivity contribution >= 4 is 11.6 Å². The number of aromatic nitrogens is 4. The molecule has 0 saturated heterocycles. The van der Waals surface area contributed by atoms with Crippen LogP contribution in [0.5, 0.6) is 0 Å². The van der Waals surface area contributed by atoms with Gasteiger partial charge in [0.2, 0.25) is 0 Å². The fourth-order valence-corrected chi connectivity index (χ4v) is 3.65.